The highest BCUT2D eigenvalue weighted by Crippen LogP contribution is 2.19. The van der Waals surface area contributed by atoms with Gasteiger partial charge >= 0.3 is 12.0 Å². The Morgan fingerprint density at radius 2 is 1.88 bits per heavy atom. The van der Waals surface area contributed by atoms with E-state index in [1.54, 1.807) is 30.2 Å². The molecule has 34 heavy (non-hydrogen) atoms. The van der Waals surface area contributed by atoms with Crippen LogP contribution < -0.4 is 5.32 Å². The Morgan fingerprint density at radius 1 is 1.29 bits per heavy atom. The molecule has 1 aliphatic heterocycles. The number of thiazole rings is 1. The summed E-state index contributed by atoms with van der Waals surface area (Å²) in [6.45, 7) is 9.92. The molecule has 0 aromatic carbocycles. The summed E-state index contributed by atoms with van der Waals surface area (Å²) in [5.41, 5.74) is 0.854. The van der Waals surface area contributed by atoms with E-state index in [1.165, 1.54) is 0 Å². The number of urea groups is 1. The van der Waals surface area contributed by atoms with Crippen LogP contribution in [0.25, 0.3) is 0 Å². The van der Waals surface area contributed by atoms with Gasteiger partial charge in [0.2, 0.25) is 0 Å². The number of carbonyl (C=O) groups is 4. The zero-order valence-electron chi connectivity index (χ0n) is 20.1. The monoisotopic (exact) mass is 504 g/mol. The number of carbonyl (C=O) groups excluding carboxylic acids is 2. The first kappa shape index (κ1) is 31.2. The highest BCUT2D eigenvalue weighted by atomic mass is 32.1. The lowest BCUT2D eigenvalue weighted by molar-refractivity contribution is -0.145. The lowest BCUT2D eigenvalue weighted by Crippen LogP contribution is -2.49. The fraction of sp³-hybridized carbons (Fsp3) is 0.667. The molecule has 3 N–H and O–H groups in total. The van der Waals surface area contributed by atoms with Crippen LogP contribution in [0, 0.1) is 0 Å². The Hall–Kier alpha value is -2.77. The van der Waals surface area contributed by atoms with Crippen molar-refractivity contribution in [1.29, 1.82) is 0 Å². The molecular weight excluding hydrogens is 468 g/mol. The zero-order valence-corrected chi connectivity index (χ0v) is 21.0. The molecule has 1 atom stereocenters. The van der Waals surface area contributed by atoms with Gasteiger partial charge in [-0.1, -0.05) is 13.8 Å². The second-order valence-corrected chi connectivity index (χ2v) is 8.29. The second-order valence-electron chi connectivity index (χ2n) is 7.40. The molecule has 2 rings (SSSR count). The maximum Gasteiger partial charge on any atom is 0.328 e. The highest BCUT2D eigenvalue weighted by molar-refractivity contribution is 7.09. The molecule has 1 aliphatic rings. The molecule has 0 bridgehead atoms. The van der Waals surface area contributed by atoms with E-state index in [0.717, 1.165) is 23.8 Å². The summed E-state index contributed by atoms with van der Waals surface area (Å²) in [4.78, 5) is 50.0. The number of esters is 1. The minimum absolute atomic E-state index is 0.250. The van der Waals surface area contributed by atoms with Crippen molar-refractivity contribution in [3.05, 3.63) is 16.1 Å². The molecule has 0 spiro atoms. The summed E-state index contributed by atoms with van der Waals surface area (Å²) in [6, 6.07) is -0.974. The number of hydrogen-bond acceptors (Lipinski definition) is 9. The molecule has 0 aliphatic carbocycles. The normalized spacial score (nSPS) is 13.9. The van der Waals surface area contributed by atoms with Crippen LogP contribution in [-0.4, -0.2) is 102 Å². The van der Waals surface area contributed by atoms with E-state index >= 15 is 0 Å². The van der Waals surface area contributed by atoms with E-state index in [0.29, 0.717) is 38.6 Å². The predicted molar refractivity (Wildman–Crippen MR) is 126 cm³/mol. The third kappa shape index (κ3) is 13.1. The van der Waals surface area contributed by atoms with Gasteiger partial charge in [0.1, 0.15) is 6.04 Å². The van der Waals surface area contributed by atoms with Crippen molar-refractivity contribution in [3.8, 4) is 0 Å². The number of ether oxygens (including phenoxy) is 2. The molecule has 1 aromatic rings. The molecule has 1 saturated heterocycles. The van der Waals surface area contributed by atoms with Crippen LogP contribution in [0.15, 0.2) is 5.38 Å². The van der Waals surface area contributed by atoms with Crippen molar-refractivity contribution in [2.24, 2.45) is 0 Å². The zero-order chi connectivity index (χ0) is 25.9. The fourth-order valence-corrected chi connectivity index (χ4v) is 3.69. The number of rotatable bonds is 9. The van der Waals surface area contributed by atoms with E-state index in [2.05, 4.69) is 29.0 Å². The average molecular weight is 505 g/mol. The average Bonchev–Trinajstić information content (AvgIpc) is 3.27. The maximum absolute atomic E-state index is 12.6. The summed E-state index contributed by atoms with van der Waals surface area (Å²) < 4.78 is 10.5. The van der Waals surface area contributed by atoms with E-state index in [4.69, 9.17) is 29.3 Å². The van der Waals surface area contributed by atoms with Gasteiger partial charge in [0.15, 0.2) is 0 Å². The molecule has 1 fully saturated rings. The van der Waals surface area contributed by atoms with Gasteiger partial charge in [-0.15, -0.1) is 11.3 Å². The Balaban J connectivity index is 0.00000164. The number of nitrogens with one attached hydrogen (secondary N) is 1. The molecule has 13 heteroatoms. The van der Waals surface area contributed by atoms with Crippen LogP contribution in [0.4, 0.5) is 4.79 Å². The van der Waals surface area contributed by atoms with Crippen molar-refractivity contribution in [1.82, 2.24) is 20.1 Å². The van der Waals surface area contributed by atoms with Gasteiger partial charge < -0.3 is 29.9 Å². The van der Waals surface area contributed by atoms with Crippen LogP contribution >= 0.6 is 11.3 Å². The van der Waals surface area contributed by atoms with Crippen LogP contribution in [0.2, 0.25) is 0 Å². The van der Waals surface area contributed by atoms with E-state index < -0.39 is 12.0 Å². The molecule has 2 heterocycles. The first-order valence-corrected chi connectivity index (χ1v) is 11.7. The summed E-state index contributed by atoms with van der Waals surface area (Å²) in [6.07, 6.45) is 0.507. The van der Waals surface area contributed by atoms with Gasteiger partial charge in [0.25, 0.3) is 12.9 Å². The van der Waals surface area contributed by atoms with Crippen molar-refractivity contribution >= 4 is 36.3 Å². The van der Waals surface area contributed by atoms with Gasteiger partial charge in [0, 0.05) is 38.0 Å². The molecule has 1 aromatic heterocycles. The van der Waals surface area contributed by atoms with E-state index in [-0.39, 0.29) is 25.6 Å². The van der Waals surface area contributed by atoms with Gasteiger partial charge in [0.05, 0.1) is 37.1 Å². The number of carboxylic acid groups (broad SMARTS) is 2. The van der Waals surface area contributed by atoms with Gasteiger partial charge in [-0.3, -0.25) is 14.5 Å². The summed E-state index contributed by atoms with van der Waals surface area (Å²) >= 11 is 1.60. The third-order valence-electron chi connectivity index (χ3n) is 4.52. The molecule has 12 nitrogen and oxygen atoms in total. The quantitative estimate of drug-likeness (QED) is 0.332. The SMILES string of the molecule is CCOC(=O)[C@H](CCN1CCOCC1)NC(=O)N(C)Cc1csc(C(C)C)n1.O=CO.O=CO. The van der Waals surface area contributed by atoms with Gasteiger partial charge in [-0.05, 0) is 13.3 Å². The number of aromatic nitrogens is 1. The van der Waals surface area contributed by atoms with Crippen LogP contribution in [-0.2, 0) is 30.4 Å². The number of morpholine rings is 1. The van der Waals surface area contributed by atoms with Gasteiger partial charge in [-0.2, -0.15) is 0 Å². The van der Waals surface area contributed by atoms with Gasteiger partial charge in [-0.25, -0.2) is 14.6 Å². The topological polar surface area (TPSA) is 159 Å². The molecule has 0 saturated carbocycles. The maximum atomic E-state index is 12.6. The van der Waals surface area contributed by atoms with Crippen molar-refractivity contribution in [3.63, 3.8) is 0 Å². The lowest BCUT2D eigenvalue weighted by atomic mass is 10.2. The number of amides is 2. The summed E-state index contributed by atoms with van der Waals surface area (Å²) in [5.74, 6) is -0.0282. The minimum Gasteiger partial charge on any atom is -0.483 e. The van der Waals surface area contributed by atoms with E-state index in [1.807, 2.05) is 5.38 Å². The first-order chi connectivity index (χ1) is 16.2. The summed E-state index contributed by atoms with van der Waals surface area (Å²) in [7, 11) is 1.70. The largest absolute Gasteiger partial charge is 0.483 e. The molecule has 2 amide bonds. The molecule has 0 radical (unpaired) electrons. The van der Waals surface area contributed by atoms with Crippen LogP contribution in [0.3, 0.4) is 0 Å². The fourth-order valence-electron chi connectivity index (χ4n) is 2.86. The minimum atomic E-state index is -0.667. The number of hydrogen-bond donors (Lipinski definition) is 3. The number of nitrogens with zero attached hydrogens (tertiary/aromatic N) is 3. The first-order valence-electron chi connectivity index (χ1n) is 10.8. The van der Waals surface area contributed by atoms with Crippen molar-refractivity contribution in [2.45, 2.75) is 45.7 Å². The Morgan fingerprint density at radius 3 is 2.38 bits per heavy atom. The predicted octanol–water partition coefficient (Wildman–Crippen LogP) is 1.46. The molecule has 0 unspecified atom stereocenters. The molecular formula is C21H36N4O8S. The Bertz CT molecular complexity index is 719. The smallest absolute Gasteiger partial charge is 0.328 e. The second kappa shape index (κ2) is 18.6. The lowest BCUT2D eigenvalue weighted by Gasteiger charge is -2.28. The summed E-state index contributed by atoms with van der Waals surface area (Å²) in [5, 5.41) is 19.6. The van der Waals surface area contributed by atoms with Crippen molar-refractivity contribution < 1.29 is 38.9 Å². The van der Waals surface area contributed by atoms with Crippen LogP contribution in [0.1, 0.15) is 43.8 Å². The van der Waals surface area contributed by atoms with E-state index in [9.17, 15) is 9.59 Å². The highest BCUT2D eigenvalue weighted by Gasteiger charge is 2.25. The Kier molecular flexibility index (Phi) is 17.1. The van der Waals surface area contributed by atoms with Crippen LogP contribution in [0.5, 0.6) is 0 Å². The standard InChI is InChI=1S/C19H32N4O4S.2CH2O2/c1-5-27-18(24)16(6-7-23-8-10-26-11-9-23)21-19(25)22(4)12-15-13-28-17(20-15)14(2)3;2*2-1-3/h13-14,16H,5-12H2,1-4H3,(H,21,25);2*1H,(H,2,3)/t16-;;/m0../s1. The Labute approximate surface area is 203 Å². The molecule has 194 valence electrons. The van der Waals surface area contributed by atoms with Crippen molar-refractivity contribution in [2.75, 3.05) is 46.5 Å². The third-order valence-corrected chi connectivity index (χ3v) is 5.71.